The summed E-state index contributed by atoms with van der Waals surface area (Å²) >= 11 is 16.0. The molecule has 0 saturated carbocycles. The van der Waals surface area contributed by atoms with Gasteiger partial charge in [0.05, 0.1) is 0 Å². The molecule has 0 atom stereocenters. The minimum atomic E-state index is 0.0634. The molecule has 0 amide bonds. The second-order valence-electron chi connectivity index (χ2n) is 2.75. The zero-order valence-electron chi connectivity index (χ0n) is 8.69. The molecule has 0 aliphatic heterocycles. The molecule has 95 valence electrons. The van der Waals surface area contributed by atoms with Crippen molar-refractivity contribution in [3.05, 3.63) is 40.9 Å². The summed E-state index contributed by atoms with van der Waals surface area (Å²) in [5.41, 5.74) is 0.857. The molecule has 0 spiro atoms. The third kappa shape index (κ3) is 6.71. The summed E-state index contributed by atoms with van der Waals surface area (Å²) in [5, 5.41) is 3.08. The molecular weight excluding hydrogens is 540 g/mol. The molecule has 0 radical (unpaired) electrons. The Bertz CT molecular complexity index is 469. The van der Waals surface area contributed by atoms with Crippen molar-refractivity contribution in [2.24, 2.45) is 0 Å². The molecule has 0 saturated heterocycles. The van der Waals surface area contributed by atoms with E-state index in [0.717, 1.165) is 5.69 Å². The Hall–Kier alpha value is 0.654. The van der Waals surface area contributed by atoms with Crippen LogP contribution in [0.5, 0.6) is 0 Å². The van der Waals surface area contributed by atoms with Crippen LogP contribution < -0.4 is 5.32 Å². The number of rotatable bonds is 2. The molecule has 0 bridgehead atoms. The summed E-state index contributed by atoms with van der Waals surface area (Å²) in [7, 11) is 0.628. The second kappa shape index (κ2) is 9.54. The average Bonchev–Trinajstić information content (AvgIpc) is 2.29. The summed E-state index contributed by atoms with van der Waals surface area (Å²) in [6, 6.07) is 9.47. The predicted octanol–water partition coefficient (Wildman–Crippen LogP) is 4.69. The Labute approximate surface area is 144 Å². The van der Waals surface area contributed by atoms with Gasteiger partial charge >= 0.3 is 49.4 Å². The number of aromatic nitrogens is 3. The molecule has 1 heterocycles. The monoisotopic (exact) mass is 545 g/mol. The number of benzene rings is 1. The quantitative estimate of drug-likeness (QED) is 0.557. The van der Waals surface area contributed by atoms with E-state index in [-0.39, 0.29) is 10.6 Å². The first-order valence-corrected chi connectivity index (χ1v) is 14.2. The Balaban J connectivity index is 0.000000492. The Morgan fingerprint density at radius 1 is 0.944 bits per heavy atom. The zero-order chi connectivity index (χ0) is 13.4. The number of nitrogens with one attached hydrogen (secondary N) is 1. The number of halogens is 4. The molecule has 9 heteroatoms. The van der Waals surface area contributed by atoms with E-state index in [9.17, 15) is 0 Å². The van der Waals surface area contributed by atoms with Crippen LogP contribution in [-0.4, -0.2) is 15.0 Å². The van der Waals surface area contributed by atoms with Gasteiger partial charge in [-0.3, -0.25) is 0 Å². The maximum atomic E-state index is 5.63. The van der Waals surface area contributed by atoms with Gasteiger partial charge in [-0.15, -0.1) is 0 Å². The van der Waals surface area contributed by atoms with E-state index >= 15 is 0 Å². The van der Waals surface area contributed by atoms with Crippen molar-refractivity contribution in [1.29, 1.82) is 0 Å². The van der Waals surface area contributed by atoms with Gasteiger partial charge in [0.15, 0.2) is 0 Å². The van der Waals surface area contributed by atoms with Crippen LogP contribution in [0.3, 0.4) is 0 Å². The van der Waals surface area contributed by atoms with Gasteiger partial charge in [-0.1, -0.05) is 18.2 Å². The van der Waals surface area contributed by atoms with Crippen molar-refractivity contribution in [2.75, 3.05) is 5.32 Å². The van der Waals surface area contributed by atoms with Crippen molar-refractivity contribution in [2.45, 2.75) is 0 Å². The van der Waals surface area contributed by atoms with E-state index in [1.165, 1.54) is 0 Å². The summed E-state index contributed by atoms with van der Waals surface area (Å²) in [6.45, 7) is 0. The molecule has 0 aliphatic rings. The van der Waals surface area contributed by atoms with Crippen molar-refractivity contribution in [1.82, 2.24) is 15.0 Å². The van der Waals surface area contributed by atoms with Crippen LogP contribution >= 0.6 is 63.2 Å². The summed E-state index contributed by atoms with van der Waals surface area (Å²) in [4.78, 5) is 11.4. The van der Waals surface area contributed by atoms with Crippen LogP contribution in [0, 0.1) is 0 Å². The summed E-state index contributed by atoms with van der Waals surface area (Å²) < 4.78 is 0. The molecule has 1 aromatic carbocycles. The fraction of sp³-hybridized carbons (Fsp3) is 0. The van der Waals surface area contributed by atoms with E-state index in [0.29, 0.717) is 15.4 Å². The topological polar surface area (TPSA) is 50.7 Å². The standard InChI is InChI=1S/C9H6Cl2N4.2HI.V/c10-7-13-8(11)15-9(14-7)12-6-4-2-1-3-5-6;;;/h1-5H,(H,12,13,14,15);2*1H;/q;;;+2/p-2. The van der Waals surface area contributed by atoms with Crippen LogP contribution in [0.4, 0.5) is 11.6 Å². The van der Waals surface area contributed by atoms with Gasteiger partial charge in [-0.25, -0.2) is 0 Å². The molecule has 18 heavy (non-hydrogen) atoms. The molecule has 1 aromatic heterocycles. The Kier molecular flexibility index (Phi) is 8.86. The van der Waals surface area contributed by atoms with E-state index in [4.69, 9.17) is 23.2 Å². The first kappa shape index (κ1) is 16.7. The number of anilines is 2. The molecule has 0 fully saturated rings. The van der Waals surface area contributed by atoms with Crippen LogP contribution in [0.2, 0.25) is 10.6 Å². The van der Waals surface area contributed by atoms with E-state index in [1.807, 2.05) is 30.3 Å². The SMILES string of the molecule is Clc1nc(Cl)nc(Nc2ccccc2)n1.[I][V][I]. The normalized spacial score (nSPS) is 9.11. The van der Waals surface area contributed by atoms with E-state index in [2.05, 4.69) is 60.2 Å². The summed E-state index contributed by atoms with van der Waals surface area (Å²) in [5.74, 6) is 0.325. The van der Waals surface area contributed by atoms with Gasteiger partial charge < -0.3 is 5.32 Å². The van der Waals surface area contributed by atoms with Gasteiger partial charge in [0.25, 0.3) is 0 Å². The first-order valence-electron chi connectivity index (χ1n) is 4.47. The third-order valence-corrected chi connectivity index (χ3v) is 1.95. The predicted molar refractivity (Wildman–Crippen MR) is 87.6 cm³/mol. The maximum absolute atomic E-state index is 5.63. The van der Waals surface area contributed by atoms with Gasteiger partial charge in [-0.05, 0) is 35.3 Å². The van der Waals surface area contributed by atoms with E-state index < -0.39 is 0 Å². The third-order valence-electron chi connectivity index (χ3n) is 1.61. The van der Waals surface area contributed by atoms with Crippen LogP contribution in [-0.2, 0) is 9.47 Å². The Morgan fingerprint density at radius 3 is 1.94 bits per heavy atom. The first-order chi connectivity index (χ1) is 8.65. The fourth-order valence-corrected chi connectivity index (χ4v) is 1.40. The van der Waals surface area contributed by atoms with Gasteiger partial charge in [0.1, 0.15) is 0 Å². The minimum absolute atomic E-state index is 0.0634. The van der Waals surface area contributed by atoms with E-state index in [1.54, 1.807) is 0 Å². The van der Waals surface area contributed by atoms with Crippen LogP contribution in [0.15, 0.2) is 30.3 Å². The van der Waals surface area contributed by atoms with Crippen molar-refractivity contribution < 1.29 is 9.47 Å². The van der Waals surface area contributed by atoms with Gasteiger partial charge in [0, 0.05) is 5.69 Å². The van der Waals surface area contributed by atoms with Crippen molar-refractivity contribution in [3.63, 3.8) is 0 Å². The molecule has 1 N–H and O–H groups in total. The van der Waals surface area contributed by atoms with Crippen LogP contribution in [0.1, 0.15) is 0 Å². The number of para-hydroxylation sites is 1. The molecule has 0 aliphatic carbocycles. The summed E-state index contributed by atoms with van der Waals surface area (Å²) in [6.07, 6.45) is 0. The second-order valence-corrected chi connectivity index (χ2v) is 15.2. The van der Waals surface area contributed by atoms with Crippen molar-refractivity contribution in [3.8, 4) is 0 Å². The van der Waals surface area contributed by atoms with Crippen LogP contribution in [0.25, 0.3) is 0 Å². The Morgan fingerprint density at radius 2 is 1.44 bits per heavy atom. The number of nitrogens with zero attached hydrogens (tertiary/aromatic N) is 3. The fourth-order valence-electron chi connectivity index (χ4n) is 1.03. The number of hydrogen-bond donors (Lipinski definition) is 1. The molecule has 0 unspecified atom stereocenters. The molecule has 2 rings (SSSR count). The average molecular weight is 546 g/mol. The zero-order valence-corrected chi connectivity index (χ0v) is 15.9. The van der Waals surface area contributed by atoms with Gasteiger partial charge in [-0.2, -0.15) is 15.0 Å². The molecule has 2 aromatic rings. The molecular formula is C9H6Cl2I2N4V. The van der Waals surface area contributed by atoms with Crippen molar-refractivity contribution >= 4 is 74.8 Å². The molecule has 4 nitrogen and oxygen atoms in total. The van der Waals surface area contributed by atoms with Gasteiger partial charge in [0.2, 0.25) is 16.5 Å². The number of hydrogen-bond acceptors (Lipinski definition) is 4.